The van der Waals surface area contributed by atoms with Gasteiger partial charge >= 0.3 is 0 Å². The summed E-state index contributed by atoms with van der Waals surface area (Å²) >= 11 is 5.88. The maximum absolute atomic E-state index is 12.2. The van der Waals surface area contributed by atoms with Gasteiger partial charge in [0.25, 0.3) is 0 Å². The summed E-state index contributed by atoms with van der Waals surface area (Å²) in [5, 5.41) is 3.99. The fourth-order valence-electron chi connectivity index (χ4n) is 2.57. The van der Waals surface area contributed by atoms with Crippen molar-refractivity contribution < 1.29 is 9.21 Å². The minimum Gasteiger partial charge on any atom is -0.453 e. The summed E-state index contributed by atoms with van der Waals surface area (Å²) in [5.74, 6) is 1.18. The van der Waals surface area contributed by atoms with Crippen LogP contribution in [0.25, 0.3) is 11.3 Å². The Balaban J connectivity index is 1.60. The van der Waals surface area contributed by atoms with Crippen LogP contribution in [0.2, 0.25) is 5.02 Å². The van der Waals surface area contributed by atoms with E-state index < -0.39 is 0 Å². The highest BCUT2D eigenvalue weighted by molar-refractivity contribution is 6.30. The zero-order valence-corrected chi connectivity index (χ0v) is 13.1. The van der Waals surface area contributed by atoms with Gasteiger partial charge in [0.05, 0.1) is 0 Å². The Hall–Kier alpha value is -1.62. The number of Topliss-reactive ketones (excluding diaryl/α,β-unsaturated/α-hetero) is 1. The number of piperazine rings is 1. The molecule has 0 aliphatic carbocycles. The monoisotopic (exact) mass is 318 g/mol. The molecule has 0 saturated carbocycles. The van der Waals surface area contributed by atoms with Crippen molar-refractivity contribution in [3.05, 3.63) is 47.2 Å². The van der Waals surface area contributed by atoms with Crippen molar-refractivity contribution in [1.82, 2.24) is 10.2 Å². The van der Waals surface area contributed by atoms with Gasteiger partial charge in [-0.05, 0) is 36.4 Å². The molecular formula is C17H19ClN2O2. The molecule has 2 aromatic rings. The van der Waals surface area contributed by atoms with E-state index in [9.17, 15) is 4.79 Å². The first-order valence-corrected chi connectivity index (χ1v) is 7.92. The van der Waals surface area contributed by atoms with Gasteiger partial charge in [-0.3, -0.25) is 4.79 Å². The van der Waals surface area contributed by atoms with Gasteiger partial charge in [-0.25, -0.2) is 0 Å². The minimum atomic E-state index is 0.0544. The number of hydrogen-bond acceptors (Lipinski definition) is 4. The third-order valence-corrected chi connectivity index (χ3v) is 4.13. The molecule has 1 aliphatic heterocycles. The molecule has 0 radical (unpaired) electrons. The third kappa shape index (κ3) is 3.77. The third-order valence-electron chi connectivity index (χ3n) is 3.87. The molecule has 0 atom stereocenters. The predicted octanol–water partition coefficient (Wildman–Crippen LogP) is 3.08. The second-order valence-corrected chi connectivity index (χ2v) is 5.87. The molecule has 5 heteroatoms. The van der Waals surface area contributed by atoms with Crippen LogP contribution < -0.4 is 5.32 Å². The molecule has 2 heterocycles. The van der Waals surface area contributed by atoms with Gasteiger partial charge < -0.3 is 14.6 Å². The Kier molecular flexibility index (Phi) is 4.93. The number of hydrogen-bond donors (Lipinski definition) is 1. The number of nitrogens with zero attached hydrogens (tertiary/aromatic N) is 1. The maximum Gasteiger partial charge on any atom is 0.199 e. The summed E-state index contributed by atoms with van der Waals surface area (Å²) in [6, 6.07) is 11.0. The molecule has 1 fully saturated rings. The highest BCUT2D eigenvalue weighted by Gasteiger charge is 2.15. The Morgan fingerprint density at radius 2 is 1.86 bits per heavy atom. The van der Waals surface area contributed by atoms with Crippen LogP contribution >= 0.6 is 11.6 Å². The average Bonchev–Trinajstić information content (AvgIpc) is 3.04. The second-order valence-electron chi connectivity index (χ2n) is 5.44. The summed E-state index contributed by atoms with van der Waals surface area (Å²) in [4.78, 5) is 14.5. The molecule has 1 N–H and O–H groups in total. The predicted molar refractivity (Wildman–Crippen MR) is 87.4 cm³/mol. The van der Waals surface area contributed by atoms with Gasteiger partial charge in [0.1, 0.15) is 5.76 Å². The highest BCUT2D eigenvalue weighted by Crippen LogP contribution is 2.24. The largest absolute Gasteiger partial charge is 0.453 e. The fraction of sp³-hybridized carbons (Fsp3) is 0.353. The van der Waals surface area contributed by atoms with E-state index in [4.69, 9.17) is 16.0 Å². The van der Waals surface area contributed by atoms with Crippen LogP contribution in [-0.4, -0.2) is 43.4 Å². The first-order valence-electron chi connectivity index (χ1n) is 7.54. The normalized spacial score (nSPS) is 15.9. The van der Waals surface area contributed by atoms with Crippen molar-refractivity contribution in [1.29, 1.82) is 0 Å². The van der Waals surface area contributed by atoms with Crippen LogP contribution in [-0.2, 0) is 0 Å². The number of benzene rings is 1. The summed E-state index contributed by atoms with van der Waals surface area (Å²) in [5.41, 5.74) is 0.922. The Morgan fingerprint density at radius 3 is 2.59 bits per heavy atom. The molecule has 0 amide bonds. The van der Waals surface area contributed by atoms with Crippen LogP contribution in [0.15, 0.2) is 40.8 Å². The van der Waals surface area contributed by atoms with E-state index in [2.05, 4.69) is 10.2 Å². The average molecular weight is 319 g/mol. The molecule has 1 aliphatic rings. The Morgan fingerprint density at radius 1 is 1.14 bits per heavy atom. The Labute approximate surface area is 135 Å². The molecule has 1 saturated heterocycles. The van der Waals surface area contributed by atoms with Crippen molar-refractivity contribution in [2.45, 2.75) is 6.42 Å². The molecule has 4 nitrogen and oxygen atoms in total. The number of halogens is 1. The summed E-state index contributed by atoms with van der Waals surface area (Å²) < 4.78 is 5.69. The van der Waals surface area contributed by atoms with Gasteiger partial charge in [-0.2, -0.15) is 0 Å². The SMILES string of the molecule is O=C(CCN1CCNCC1)c1ccc(-c2ccc(Cl)cc2)o1. The fourth-order valence-corrected chi connectivity index (χ4v) is 2.70. The lowest BCUT2D eigenvalue weighted by Crippen LogP contribution is -2.44. The number of carbonyl (C=O) groups excluding carboxylic acids is 1. The van der Waals surface area contributed by atoms with Crippen molar-refractivity contribution in [2.24, 2.45) is 0 Å². The first-order chi connectivity index (χ1) is 10.7. The maximum atomic E-state index is 12.2. The zero-order chi connectivity index (χ0) is 15.4. The molecule has 22 heavy (non-hydrogen) atoms. The summed E-state index contributed by atoms with van der Waals surface area (Å²) in [6.45, 7) is 4.78. The lowest BCUT2D eigenvalue weighted by Gasteiger charge is -2.26. The van der Waals surface area contributed by atoms with E-state index in [1.54, 1.807) is 6.07 Å². The number of ketones is 1. The molecule has 0 unspecified atom stereocenters. The molecule has 1 aromatic heterocycles. The van der Waals surface area contributed by atoms with Crippen LogP contribution in [0.4, 0.5) is 0 Å². The Bertz CT molecular complexity index is 630. The van der Waals surface area contributed by atoms with Gasteiger partial charge in [-0.1, -0.05) is 11.6 Å². The van der Waals surface area contributed by atoms with Gasteiger partial charge in [-0.15, -0.1) is 0 Å². The van der Waals surface area contributed by atoms with Crippen LogP contribution in [0.1, 0.15) is 17.0 Å². The molecule has 0 spiro atoms. The van der Waals surface area contributed by atoms with Gasteiger partial charge in [0.2, 0.25) is 0 Å². The lowest BCUT2D eigenvalue weighted by molar-refractivity contribution is 0.0934. The van der Waals surface area contributed by atoms with Gasteiger partial charge in [0.15, 0.2) is 11.5 Å². The molecule has 3 rings (SSSR count). The van der Waals surface area contributed by atoms with Crippen molar-refractivity contribution in [2.75, 3.05) is 32.7 Å². The minimum absolute atomic E-state index is 0.0544. The first kappa shape index (κ1) is 15.3. The molecule has 1 aromatic carbocycles. The van der Waals surface area contributed by atoms with E-state index in [0.29, 0.717) is 23.0 Å². The zero-order valence-electron chi connectivity index (χ0n) is 12.3. The topological polar surface area (TPSA) is 45.5 Å². The lowest BCUT2D eigenvalue weighted by atomic mass is 10.2. The molecule has 116 valence electrons. The molecular weight excluding hydrogens is 300 g/mol. The van der Waals surface area contributed by atoms with E-state index in [1.165, 1.54) is 0 Å². The number of nitrogens with one attached hydrogen (secondary N) is 1. The van der Waals surface area contributed by atoms with Crippen LogP contribution in [0, 0.1) is 0 Å². The smallest absolute Gasteiger partial charge is 0.199 e. The molecule has 0 bridgehead atoms. The van der Waals surface area contributed by atoms with E-state index >= 15 is 0 Å². The summed E-state index contributed by atoms with van der Waals surface area (Å²) in [7, 11) is 0. The standard InChI is InChI=1S/C17H19ClN2O2/c18-14-3-1-13(2-4-14)16-5-6-17(22-16)15(21)7-10-20-11-8-19-9-12-20/h1-6,19H,7-12H2. The second kappa shape index (κ2) is 7.09. The van der Waals surface area contributed by atoms with Gasteiger partial charge in [0, 0.05) is 49.7 Å². The van der Waals surface area contributed by atoms with Crippen LogP contribution in [0.3, 0.4) is 0 Å². The quantitative estimate of drug-likeness (QED) is 0.861. The van der Waals surface area contributed by atoms with E-state index in [1.807, 2.05) is 30.3 Å². The van der Waals surface area contributed by atoms with Crippen LogP contribution in [0.5, 0.6) is 0 Å². The van der Waals surface area contributed by atoms with Crippen molar-refractivity contribution in [3.63, 3.8) is 0 Å². The number of carbonyl (C=O) groups is 1. The van der Waals surface area contributed by atoms with Crippen molar-refractivity contribution >= 4 is 17.4 Å². The van der Waals surface area contributed by atoms with E-state index in [-0.39, 0.29) is 5.78 Å². The highest BCUT2D eigenvalue weighted by atomic mass is 35.5. The number of rotatable bonds is 5. The van der Waals surface area contributed by atoms with Crippen molar-refractivity contribution in [3.8, 4) is 11.3 Å². The van der Waals surface area contributed by atoms with E-state index in [0.717, 1.165) is 38.3 Å². The number of furan rings is 1. The summed E-state index contributed by atoms with van der Waals surface area (Å²) in [6.07, 6.45) is 0.494.